The Morgan fingerprint density at radius 2 is 1.90 bits per heavy atom. The molecule has 2 N–H and O–H groups in total. The third-order valence-corrected chi connectivity index (χ3v) is 4.30. The Kier molecular flexibility index (Phi) is 5.15. The summed E-state index contributed by atoms with van der Waals surface area (Å²) >= 11 is 1.61. The lowest BCUT2D eigenvalue weighted by Gasteiger charge is -2.09. The van der Waals surface area contributed by atoms with E-state index in [1.165, 1.54) is 16.0 Å². The lowest BCUT2D eigenvalue weighted by atomic mass is 10.1. The third kappa shape index (κ3) is 4.05. The Balaban J connectivity index is 2.09. The van der Waals surface area contributed by atoms with Crippen LogP contribution in [0.25, 0.3) is 0 Å². The second kappa shape index (κ2) is 6.86. The van der Waals surface area contributed by atoms with Crippen molar-refractivity contribution in [1.82, 2.24) is 9.97 Å². The summed E-state index contributed by atoms with van der Waals surface area (Å²) in [5, 5.41) is 0.785. The van der Waals surface area contributed by atoms with Gasteiger partial charge in [0.25, 0.3) is 0 Å². The molecule has 0 saturated heterocycles. The number of nitrogens with two attached hydrogens (primary N) is 1. The molecule has 0 aliphatic heterocycles. The molecule has 2 rings (SSSR count). The standard InChI is InChI=1S/C16H21N3S/c1-4-14(17)8-13-9-18-16(19-10-13)20-15-7-11(2)5-6-12(15)3/h5-7,9-10,14H,4,8,17H2,1-3H3. The quantitative estimate of drug-likeness (QED) is 0.855. The molecule has 1 aromatic carbocycles. The number of hydrogen-bond donors (Lipinski definition) is 1. The number of aryl methyl sites for hydroxylation is 2. The number of hydrogen-bond acceptors (Lipinski definition) is 4. The van der Waals surface area contributed by atoms with Crippen molar-refractivity contribution in [3.05, 3.63) is 47.3 Å². The first kappa shape index (κ1) is 15.0. The van der Waals surface area contributed by atoms with Gasteiger partial charge in [-0.1, -0.05) is 19.1 Å². The van der Waals surface area contributed by atoms with E-state index in [0.29, 0.717) is 0 Å². The molecule has 0 saturated carbocycles. The average Bonchev–Trinajstić information content (AvgIpc) is 2.45. The molecule has 0 aliphatic carbocycles. The van der Waals surface area contributed by atoms with E-state index < -0.39 is 0 Å². The fourth-order valence-corrected chi connectivity index (χ4v) is 2.75. The largest absolute Gasteiger partial charge is 0.327 e. The summed E-state index contributed by atoms with van der Waals surface area (Å²) in [7, 11) is 0. The van der Waals surface area contributed by atoms with Crippen LogP contribution in [0.2, 0.25) is 0 Å². The highest BCUT2D eigenvalue weighted by atomic mass is 32.2. The van der Waals surface area contributed by atoms with Gasteiger partial charge in [-0.3, -0.25) is 0 Å². The second-order valence-corrected chi connectivity index (χ2v) is 6.13. The molecule has 106 valence electrons. The predicted molar refractivity (Wildman–Crippen MR) is 84.0 cm³/mol. The van der Waals surface area contributed by atoms with Crippen LogP contribution in [-0.2, 0) is 6.42 Å². The Hall–Kier alpha value is -1.39. The number of aromatic nitrogens is 2. The highest BCUT2D eigenvalue weighted by Gasteiger charge is 2.06. The Bertz CT molecular complexity index is 566. The number of nitrogens with zero attached hydrogens (tertiary/aromatic N) is 2. The molecule has 0 amide bonds. The fraction of sp³-hybridized carbons (Fsp3) is 0.375. The maximum absolute atomic E-state index is 5.94. The zero-order valence-corrected chi connectivity index (χ0v) is 13.1. The molecule has 2 aromatic rings. The number of benzene rings is 1. The molecule has 0 radical (unpaired) electrons. The van der Waals surface area contributed by atoms with E-state index in [0.717, 1.165) is 23.6 Å². The molecule has 1 unspecified atom stereocenters. The van der Waals surface area contributed by atoms with Gasteiger partial charge in [-0.15, -0.1) is 0 Å². The zero-order chi connectivity index (χ0) is 14.5. The highest BCUT2D eigenvalue weighted by molar-refractivity contribution is 7.99. The van der Waals surface area contributed by atoms with E-state index in [2.05, 4.69) is 48.9 Å². The molecular weight excluding hydrogens is 266 g/mol. The molecule has 0 spiro atoms. The Morgan fingerprint density at radius 3 is 2.55 bits per heavy atom. The normalized spacial score (nSPS) is 12.4. The fourth-order valence-electron chi connectivity index (χ4n) is 1.86. The van der Waals surface area contributed by atoms with Crippen molar-refractivity contribution >= 4 is 11.8 Å². The molecule has 3 nitrogen and oxygen atoms in total. The Morgan fingerprint density at radius 1 is 1.20 bits per heavy atom. The minimum absolute atomic E-state index is 0.191. The van der Waals surface area contributed by atoms with Crippen LogP contribution >= 0.6 is 11.8 Å². The van der Waals surface area contributed by atoms with E-state index in [9.17, 15) is 0 Å². The van der Waals surface area contributed by atoms with Crippen LogP contribution < -0.4 is 5.73 Å². The van der Waals surface area contributed by atoms with Crippen LogP contribution in [0.4, 0.5) is 0 Å². The van der Waals surface area contributed by atoms with Gasteiger partial charge in [0, 0.05) is 23.3 Å². The SMILES string of the molecule is CCC(N)Cc1cnc(Sc2cc(C)ccc2C)nc1. The van der Waals surface area contributed by atoms with E-state index in [4.69, 9.17) is 5.73 Å². The van der Waals surface area contributed by atoms with Gasteiger partial charge in [-0.25, -0.2) is 9.97 Å². The summed E-state index contributed by atoms with van der Waals surface area (Å²) in [4.78, 5) is 10.1. The van der Waals surface area contributed by atoms with Gasteiger partial charge in [0.05, 0.1) is 0 Å². The second-order valence-electron chi connectivity index (χ2n) is 5.12. The summed E-state index contributed by atoms with van der Waals surface area (Å²) in [6, 6.07) is 6.61. The maximum atomic E-state index is 5.94. The van der Waals surface area contributed by atoms with Crippen molar-refractivity contribution in [2.45, 2.75) is 49.7 Å². The van der Waals surface area contributed by atoms with Crippen LogP contribution in [0.5, 0.6) is 0 Å². The predicted octanol–water partition coefficient (Wildman–Crippen LogP) is 3.52. The maximum Gasteiger partial charge on any atom is 0.192 e. The third-order valence-electron chi connectivity index (χ3n) is 3.25. The van der Waals surface area contributed by atoms with Gasteiger partial charge in [-0.05, 0) is 61.2 Å². The molecule has 0 aliphatic rings. The van der Waals surface area contributed by atoms with Crippen LogP contribution in [0.1, 0.15) is 30.0 Å². The molecule has 0 fully saturated rings. The molecule has 20 heavy (non-hydrogen) atoms. The summed E-state index contributed by atoms with van der Waals surface area (Å²) in [5.41, 5.74) is 9.55. The van der Waals surface area contributed by atoms with Gasteiger partial charge in [0.1, 0.15) is 0 Å². The Labute approximate surface area is 125 Å². The van der Waals surface area contributed by atoms with Gasteiger partial charge in [0.15, 0.2) is 5.16 Å². The molecule has 1 heterocycles. The van der Waals surface area contributed by atoms with Gasteiger partial charge in [0.2, 0.25) is 0 Å². The molecule has 0 bridgehead atoms. The van der Waals surface area contributed by atoms with Crippen molar-refractivity contribution in [2.75, 3.05) is 0 Å². The van der Waals surface area contributed by atoms with E-state index in [1.54, 1.807) is 11.8 Å². The van der Waals surface area contributed by atoms with Crippen molar-refractivity contribution in [3.8, 4) is 0 Å². The molecule has 1 atom stereocenters. The van der Waals surface area contributed by atoms with Crippen LogP contribution in [-0.4, -0.2) is 16.0 Å². The van der Waals surface area contributed by atoms with Crippen molar-refractivity contribution < 1.29 is 0 Å². The minimum Gasteiger partial charge on any atom is -0.327 e. The smallest absolute Gasteiger partial charge is 0.192 e. The average molecular weight is 287 g/mol. The minimum atomic E-state index is 0.191. The highest BCUT2D eigenvalue weighted by Crippen LogP contribution is 2.28. The number of rotatable bonds is 5. The van der Waals surface area contributed by atoms with Gasteiger partial charge in [-0.2, -0.15) is 0 Å². The van der Waals surface area contributed by atoms with Crippen molar-refractivity contribution in [1.29, 1.82) is 0 Å². The molecule has 1 aromatic heterocycles. The van der Waals surface area contributed by atoms with Crippen molar-refractivity contribution in [2.24, 2.45) is 5.73 Å². The summed E-state index contributed by atoms with van der Waals surface area (Å²) < 4.78 is 0. The lowest BCUT2D eigenvalue weighted by Crippen LogP contribution is -2.21. The summed E-state index contributed by atoms with van der Waals surface area (Å²) in [6.07, 6.45) is 5.58. The van der Waals surface area contributed by atoms with Crippen molar-refractivity contribution in [3.63, 3.8) is 0 Å². The topological polar surface area (TPSA) is 51.8 Å². The van der Waals surface area contributed by atoms with E-state index in [1.807, 2.05) is 12.4 Å². The van der Waals surface area contributed by atoms with E-state index in [-0.39, 0.29) is 6.04 Å². The first-order valence-electron chi connectivity index (χ1n) is 6.90. The first-order valence-corrected chi connectivity index (χ1v) is 7.71. The zero-order valence-electron chi connectivity index (χ0n) is 12.3. The van der Waals surface area contributed by atoms with Crippen LogP contribution in [0.15, 0.2) is 40.6 Å². The first-order chi connectivity index (χ1) is 9.58. The van der Waals surface area contributed by atoms with E-state index >= 15 is 0 Å². The molecule has 4 heteroatoms. The van der Waals surface area contributed by atoms with Crippen LogP contribution in [0.3, 0.4) is 0 Å². The lowest BCUT2D eigenvalue weighted by molar-refractivity contribution is 0.641. The van der Waals surface area contributed by atoms with Gasteiger partial charge < -0.3 is 5.73 Å². The van der Waals surface area contributed by atoms with Crippen LogP contribution in [0, 0.1) is 13.8 Å². The molecular formula is C16H21N3S. The summed E-state index contributed by atoms with van der Waals surface area (Å²) in [6.45, 7) is 6.30. The summed E-state index contributed by atoms with van der Waals surface area (Å²) in [5.74, 6) is 0. The van der Waals surface area contributed by atoms with Gasteiger partial charge >= 0.3 is 0 Å². The monoisotopic (exact) mass is 287 g/mol.